The Hall–Kier alpha value is -1.99. The van der Waals surface area contributed by atoms with Crippen LogP contribution in [0.1, 0.15) is 18.4 Å². The number of amides is 1. The molecule has 1 N–H and O–H groups in total. The third kappa shape index (κ3) is 5.28. The molecule has 0 aromatic heterocycles. The fourth-order valence-electron chi connectivity index (χ4n) is 2.53. The number of hydrogen-bond donors (Lipinski definition) is 1. The van der Waals surface area contributed by atoms with E-state index >= 15 is 0 Å². The Morgan fingerprint density at radius 2 is 1.75 bits per heavy atom. The third-order valence-corrected chi connectivity index (χ3v) is 3.66. The summed E-state index contributed by atoms with van der Waals surface area (Å²) in [7, 11) is 4.65. The molecule has 0 atom stereocenters. The van der Waals surface area contributed by atoms with E-state index in [4.69, 9.17) is 14.2 Å². The SMILES string of the molecule is COc1cc(/C=N/NC(=O)CN2CCCC2)cc(OC)c1OC.Cl. The van der Waals surface area contributed by atoms with Gasteiger partial charge in [0, 0.05) is 5.56 Å². The molecule has 1 fully saturated rings. The van der Waals surface area contributed by atoms with Crippen molar-refractivity contribution < 1.29 is 19.0 Å². The quantitative estimate of drug-likeness (QED) is 0.593. The van der Waals surface area contributed by atoms with Crippen molar-refractivity contribution in [2.45, 2.75) is 12.8 Å². The number of nitrogens with one attached hydrogen (secondary N) is 1. The molecule has 1 saturated heterocycles. The lowest BCUT2D eigenvalue weighted by Crippen LogP contribution is -2.33. The van der Waals surface area contributed by atoms with Gasteiger partial charge in [-0.25, -0.2) is 5.43 Å². The highest BCUT2D eigenvalue weighted by Crippen LogP contribution is 2.37. The van der Waals surface area contributed by atoms with Gasteiger partial charge in [-0.15, -0.1) is 12.4 Å². The maximum atomic E-state index is 11.8. The van der Waals surface area contributed by atoms with Gasteiger partial charge >= 0.3 is 0 Å². The zero-order valence-corrected chi connectivity index (χ0v) is 15.0. The van der Waals surface area contributed by atoms with Crippen LogP contribution < -0.4 is 19.6 Å². The van der Waals surface area contributed by atoms with E-state index in [1.807, 2.05) is 0 Å². The number of ether oxygens (including phenoxy) is 3. The molecule has 1 amide bonds. The van der Waals surface area contributed by atoms with Gasteiger partial charge in [0.05, 0.1) is 34.1 Å². The van der Waals surface area contributed by atoms with Gasteiger partial charge in [-0.3, -0.25) is 9.69 Å². The van der Waals surface area contributed by atoms with Crippen molar-refractivity contribution in [1.82, 2.24) is 10.3 Å². The van der Waals surface area contributed by atoms with Crippen LogP contribution in [0.3, 0.4) is 0 Å². The summed E-state index contributed by atoms with van der Waals surface area (Å²) in [6, 6.07) is 3.52. The van der Waals surface area contributed by atoms with Gasteiger partial charge in [0.15, 0.2) is 11.5 Å². The first-order valence-corrected chi connectivity index (χ1v) is 7.52. The van der Waals surface area contributed by atoms with Crippen LogP contribution in [-0.4, -0.2) is 58.0 Å². The zero-order valence-electron chi connectivity index (χ0n) is 14.2. The molecule has 1 heterocycles. The fourth-order valence-corrected chi connectivity index (χ4v) is 2.53. The van der Waals surface area contributed by atoms with Crippen LogP contribution in [0.15, 0.2) is 17.2 Å². The predicted molar refractivity (Wildman–Crippen MR) is 94.8 cm³/mol. The number of carbonyl (C=O) groups excluding carboxylic acids is 1. The van der Waals surface area contributed by atoms with Gasteiger partial charge in [-0.2, -0.15) is 5.10 Å². The smallest absolute Gasteiger partial charge is 0.254 e. The Labute approximate surface area is 148 Å². The second kappa shape index (κ2) is 10.00. The summed E-state index contributed by atoms with van der Waals surface area (Å²) in [5, 5.41) is 3.99. The van der Waals surface area contributed by atoms with Gasteiger partial charge in [0.2, 0.25) is 5.75 Å². The van der Waals surface area contributed by atoms with Crippen LogP contribution in [0.25, 0.3) is 0 Å². The lowest BCUT2D eigenvalue weighted by atomic mass is 10.2. The summed E-state index contributed by atoms with van der Waals surface area (Å²) in [6.07, 6.45) is 3.86. The Balaban J connectivity index is 0.00000288. The zero-order chi connectivity index (χ0) is 16.7. The highest BCUT2D eigenvalue weighted by molar-refractivity contribution is 5.85. The van der Waals surface area contributed by atoms with Gasteiger partial charge in [0.25, 0.3) is 5.91 Å². The van der Waals surface area contributed by atoms with Crippen molar-refractivity contribution in [3.8, 4) is 17.2 Å². The molecular formula is C16H24ClN3O4. The Morgan fingerprint density at radius 3 is 2.25 bits per heavy atom. The molecule has 1 aliphatic heterocycles. The van der Waals surface area contributed by atoms with Gasteiger partial charge in [-0.05, 0) is 38.1 Å². The Morgan fingerprint density at radius 1 is 1.17 bits per heavy atom. The molecular weight excluding hydrogens is 334 g/mol. The predicted octanol–water partition coefficient (Wildman–Crippen LogP) is 1.68. The van der Waals surface area contributed by atoms with Crippen LogP contribution in [0.2, 0.25) is 0 Å². The number of hydrazone groups is 1. The fraction of sp³-hybridized carbons (Fsp3) is 0.500. The second-order valence-corrected chi connectivity index (χ2v) is 5.24. The number of benzene rings is 1. The van der Waals surface area contributed by atoms with Crippen LogP contribution >= 0.6 is 12.4 Å². The molecule has 1 aromatic carbocycles. The minimum absolute atomic E-state index is 0. The van der Waals surface area contributed by atoms with Crippen molar-refractivity contribution in [2.24, 2.45) is 5.10 Å². The molecule has 0 radical (unpaired) electrons. The van der Waals surface area contributed by atoms with Crippen LogP contribution in [0.4, 0.5) is 0 Å². The third-order valence-electron chi connectivity index (χ3n) is 3.66. The highest BCUT2D eigenvalue weighted by atomic mass is 35.5. The molecule has 1 aliphatic rings. The first kappa shape index (κ1) is 20.1. The number of nitrogens with zero attached hydrogens (tertiary/aromatic N) is 2. The maximum absolute atomic E-state index is 11.8. The number of hydrogen-bond acceptors (Lipinski definition) is 6. The molecule has 0 aliphatic carbocycles. The summed E-state index contributed by atoms with van der Waals surface area (Å²) in [5.41, 5.74) is 3.27. The number of methoxy groups -OCH3 is 3. The molecule has 0 bridgehead atoms. The molecule has 24 heavy (non-hydrogen) atoms. The van der Waals surface area contributed by atoms with E-state index in [0.29, 0.717) is 23.8 Å². The van der Waals surface area contributed by atoms with Crippen LogP contribution in [-0.2, 0) is 4.79 Å². The molecule has 0 spiro atoms. The minimum atomic E-state index is -0.115. The van der Waals surface area contributed by atoms with E-state index in [2.05, 4.69) is 15.4 Å². The average molecular weight is 358 g/mol. The van der Waals surface area contributed by atoms with E-state index in [9.17, 15) is 4.79 Å². The Bertz CT molecular complexity index is 549. The van der Waals surface area contributed by atoms with Crippen molar-refractivity contribution in [2.75, 3.05) is 41.0 Å². The molecule has 7 nitrogen and oxygen atoms in total. The maximum Gasteiger partial charge on any atom is 0.254 e. The first-order valence-electron chi connectivity index (χ1n) is 7.52. The summed E-state index contributed by atoms with van der Waals surface area (Å²) in [6.45, 7) is 2.33. The molecule has 8 heteroatoms. The summed E-state index contributed by atoms with van der Waals surface area (Å²) >= 11 is 0. The number of likely N-dealkylation sites (tertiary alicyclic amines) is 1. The lowest BCUT2D eigenvalue weighted by molar-refractivity contribution is -0.121. The van der Waals surface area contributed by atoms with E-state index in [1.54, 1.807) is 39.7 Å². The second-order valence-electron chi connectivity index (χ2n) is 5.24. The van der Waals surface area contributed by atoms with Crippen LogP contribution in [0, 0.1) is 0 Å². The lowest BCUT2D eigenvalue weighted by Gasteiger charge is -2.13. The molecule has 2 rings (SSSR count). The average Bonchev–Trinajstić information content (AvgIpc) is 3.06. The normalized spacial score (nSPS) is 14.3. The number of halogens is 1. The van der Waals surface area contributed by atoms with E-state index in [-0.39, 0.29) is 18.3 Å². The van der Waals surface area contributed by atoms with Crippen molar-refractivity contribution in [3.05, 3.63) is 17.7 Å². The van der Waals surface area contributed by atoms with Crippen molar-refractivity contribution in [3.63, 3.8) is 0 Å². The summed E-state index contributed by atoms with van der Waals surface area (Å²) < 4.78 is 15.8. The molecule has 134 valence electrons. The van der Waals surface area contributed by atoms with Crippen molar-refractivity contribution in [1.29, 1.82) is 0 Å². The number of rotatable bonds is 7. The summed E-state index contributed by atoms with van der Waals surface area (Å²) in [5.74, 6) is 1.48. The van der Waals surface area contributed by atoms with E-state index in [1.165, 1.54) is 0 Å². The summed E-state index contributed by atoms with van der Waals surface area (Å²) in [4.78, 5) is 13.9. The monoisotopic (exact) mass is 357 g/mol. The van der Waals surface area contributed by atoms with Gasteiger partial charge in [0.1, 0.15) is 0 Å². The van der Waals surface area contributed by atoms with E-state index < -0.39 is 0 Å². The highest BCUT2D eigenvalue weighted by Gasteiger charge is 2.15. The van der Waals surface area contributed by atoms with Gasteiger partial charge in [-0.1, -0.05) is 0 Å². The number of carbonyl (C=O) groups is 1. The van der Waals surface area contributed by atoms with Crippen molar-refractivity contribution >= 4 is 24.5 Å². The minimum Gasteiger partial charge on any atom is -0.493 e. The molecule has 0 saturated carbocycles. The van der Waals surface area contributed by atoms with E-state index in [0.717, 1.165) is 31.5 Å². The van der Waals surface area contributed by atoms with Gasteiger partial charge < -0.3 is 14.2 Å². The largest absolute Gasteiger partial charge is 0.493 e. The Kier molecular flexibility index (Phi) is 8.35. The molecule has 1 aromatic rings. The topological polar surface area (TPSA) is 72.4 Å². The standard InChI is InChI=1S/C16H23N3O4.ClH/c1-21-13-8-12(9-14(22-2)16(13)23-3)10-17-18-15(20)11-19-6-4-5-7-19;/h8-10H,4-7,11H2,1-3H3,(H,18,20);1H/b17-10+;. The first-order chi connectivity index (χ1) is 11.2. The van der Waals surface area contributed by atoms with Crippen LogP contribution in [0.5, 0.6) is 17.2 Å². The molecule has 0 unspecified atom stereocenters.